The topological polar surface area (TPSA) is 63.2 Å². The lowest BCUT2D eigenvalue weighted by molar-refractivity contribution is 0.291. The highest BCUT2D eigenvalue weighted by molar-refractivity contribution is 5.37. The van der Waals surface area contributed by atoms with E-state index in [0.717, 1.165) is 19.5 Å². The van der Waals surface area contributed by atoms with Gasteiger partial charge in [-0.3, -0.25) is 0 Å². The fourth-order valence-electron chi connectivity index (χ4n) is 1.79. The molecular weight excluding hydrogens is 254 g/mol. The van der Waals surface area contributed by atoms with Crippen LogP contribution in [0.4, 0.5) is 11.9 Å². The van der Waals surface area contributed by atoms with Crippen molar-refractivity contribution >= 4 is 11.9 Å². The first-order valence-electron chi connectivity index (χ1n) is 7.19. The lowest BCUT2D eigenvalue weighted by atomic mass is 9.96. The number of nitrogens with zero attached hydrogens (tertiary/aromatic N) is 4. The minimum Gasteiger partial charge on any atom is -0.463 e. The molecule has 1 N–H and O–H groups in total. The molecule has 0 radical (unpaired) electrons. The van der Waals surface area contributed by atoms with Crippen molar-refractivity contribution in [2.24, 2.45) is 5.41 Å². The van der Waals surface area contributed by atoms with Crippen LogP contribution >= 0.6 is 0 Å². The monoisotopic (exact) mass is 281 g/mol. The molecule has 114 valence electrons. The van der Waals surface area contributed by atoms with E-state index in [4.69, 9.17) is 4.74 Å². The standard InChI is InChI=1S/C14H27N5O/c1-7-9-20-13-17-11(15-8-2)16-12(18-13)19(6)10-14(3,4)5/h7-10H2,1-6H3,(H,15,16,17,18). The molecule has 1 aromatic heterocycles. The number of ether oxygens (including phenoxy) is 1. The van der Waals surface area contributed by atoms with Gasteiger partial charge in [0.05, 0.1) is 6.61 Å². The van der Waals surface area contributed by atoms with Crippen LogP contribution in [0.15, 0.2) is 0 Å². The van der Waals surface area contributed by atoms with Crippen molar-refractivity contribution in [2.75, 3.05) is 37.0 Å². The maximum Gasteiger partial charge on any atom is 0.323 e. The Morgan fingerprint density at radius 2 is 1.85 bits per heavy atom. The summed E-state index contributed by atoms with van der Waals surface area (Å²) in [4.78, 5) is 15.1. The third kappa shape index (κ3) is 5.59. The zero-order valence-electron chi connectivity index (χ0n) is 13.5. The van der Waals surface area contributed by atoms with Crippen LogP contribution in [0.1, 0.15) is 41.0 Å². The van der Waals surface area contributed by atoms with Crippen LogP contribution in [-0.4, -0.2) is 41.7 Å². The summed E-state index contributed by atoms with van der Waals surface area (Å²) in [7, 11) is 1.99. The van der Waals surface area contributed by atoms with Gasteiger partial charge in [0.1, 0.15) is 0 Å². The molecule has 0 aliphatic rings. The van der Waals surface area contributed by atoms with Gasteiger partial charge in [-0.15, -0.1) is 0 Å². The van der Waals surface area contributed by atoms with E-state index in [0.29, 0.717) is 24.5 Å². The van der Waals surface area contributed by atoms with Crippen molar-refractivity contribution in [3.8, 4) is 6.01 Å². The fourth-order valence-corrected chi connectivity index (χ4v) is 1.79. The van der Waals surface area contributed by atoms with Gasteiger partial charge in [0.15, 0.2) is 0 Å². The summed E-state index contributed by atoms with van der Waals surface area (Å²) in [6.45, 7) is 12.8. The molecule has 0 bridgehead atoms. The van der Waals surface area contributed by atoms with Crippen LogP contribution < -0.4 is 15.0 Å². The first-order chi connectivity index (χ1) is 9.35. The first kappa shape index (κ1) is 16.5. The Hall–Kier alpha value is -1.59. The Morgan fingerprint density at radius 3 is 2.40 bits per heavy atom. The Balaban J connectivity index is 2.95. The van der Waals surface area contributed by atoms with Crippen molar-refractivity contribution in [1.82, 2.24) is 15.0 Å². The first-order valence-corrected chi connectivity index (χ1v) is 7.19. The molecule has 6 heteroatoms. The average molecular weight is 281 g/mol. The molecule has 1 aromatic rings. The van der Waals surface area contributed by atoms with E-state index in [2.05, 4.69) is 48.0 Å². The second kappa shape index (κ2) is 7.26. The molecule has 1 rings (SSSR count). The van der Waals surface area contributed by atoms with E-state index >= 15 is 0 Å². The minimum atomic E-state index is 0.171. The lowest BCUT2D eigenvalue weighted by Gasteiger charge is -2.26. The van der Waals surface area contributed by atoms with Crippen LogP contribution in [0, 0.1) is 5.41 Å². The SMILES string of the molecule is CCCOc1nc(NCC)nc(N(C)CC(C)(C)C)n1. The molecule has 0 unspecified atom stereocenters. The van der Waals surface area contributed by atoms with Crippen molar-refractivity contribution < 1.29 is 4.74 Å². The number of hydrogen-bond donors (Lipinski definition) is 1. The highest BCUT2D eigenvalue weighted by Crippen LogP contribution is 2.19. The zero-order valence-corrected chi connectivity index (χ0v) is 13.5. The van der Waals surface area contributed by atoms with E-state index < -0.39 is 0 Å². The molecule has 20 heavy (non-hydrogen) atoms. The summed E-state index contributed by atoms with van der Waals surface area (Å²) < 4.78 is 5.53. The third-order valence-corrected chi connectivity index (χ3v) is 2.43. The smallest absolute Gasteiger partial charge is 0.323 e. The molecule has 0 atom stereocenters. The van der Waals surface area contributed by atoms with Gasteiger partial charge in [0, 0.05) is 20.1 Å². The molecule has 0 fully saturated rings. The van der Waals surface area contributed by atoms with E-state index in [1.165, 1.54) is 0 Å². The largest absolute Gasteiger partial charge is 0.463 e. The van der Waals surface area contributed by atoms with E-state index in [1.807, 2.05) is 18.9 Å². The molecule has 0 aromatic carbocycles. The van der Waals surface area contributed by atoms with Crippen molar-refractivity contribution in [2.45, 2.75) is 41.0 Å². The molecular formula is C14H27N5O. The highest BCUT2D eigenvalue weighted by atomic mass is 16.5. The van der Waals surface area contributed by atoms with Gasteiger partial charge in [-0.2, -0.15) is 15.0 Å². The van der Waals surface area contributed by atoms with Crippen LogP contribution in [-0.2, 0) is 0 Å². The van der Waals surface area contributed by atoms with E-state index in [9.17, 15) is 0 Å². The highest BCUT2D eigenvalue weighted by Gasteiger charge is 2.17. The zero-order chi connectivity index (χ0) is 15.2. The van der Waals surface area contributed by atoms with Crippen LogP contribution in [0.3, 0.4) is 0 Å². The Labute approximate surface area is 122 Å². The summed E-state index contributed by atoms with van der Waals surface area (Å²) in [5.74, 6) is 1.20. The minimum absolute atomic E-state index is 0.171. The second-order valence-corrected chi connectivity index (χ2v) is 6.04. The Morgan fingerprint density at radius 1 is 1.15 bits per heavy atom. The molecule has 6 nitrogen and oxygen atoms in total. The van der Waals surface area contributed by atoms with E-state index in [-0.39, 0.29) is 5.41 Å². The number of rotatable bonds is 7. The predicted molar refractivity (Wildman–Crippen MR) is 82.5 cm³/mol. The molecule has 1 heterocycles. The fraction of sp³-hybridized carbons (Fsp3) is 0.786. The summed E-state index contributed by atoms with van der Waals surface area (Å²) in [5.41, 5.74) is 0.171. The molecule has 0 saturated carbocycles. The number of anilines is 2. The maximum atomic E-state index is 5.53. The predicted octanol–water partition coefficient (Wildman–Crippen LogP) is 2.57. The van der Waals surface area contributed by atoms with Crippen molar-refractivity contribution in [1.29, 1.82) is 0 Å². The summed E-state index contributed by atoms with van der Waals surface area (Å²) in [6, 6.07) is 0.383. The van der Waals surface area contributed by atoms with Crippen molar-refractivity contribution in [3.63, 3.8) is 0 Å². The van der Waals surface area contributed by atoms with Gasteiger partial charge < -0.3 is 15.0 Å². The Bertz CT molecular complexity index is 417. The summed E-state index contributed by atoms with van der Waals surface area (Å²) >= 11 is 0. The second-order valence-electron chi connectivity index (χ2n) is 6.04. The maximum absolute atomic E-state index is 5.53. The molecule has 0 saturated heterocycles. The average Bonchev–Trinajstić information content (AvgIpc) is 2.34. The molecule has 0 aliphatic carbocycles. The lowest BCUT2D eigenvalue weighted by Crippen LogP contribution is -2.30. The third-order valence-electron chi connectivity index (χ3n) is 2.43. The summed E-state index contributed by atoms with van der Waals surface area (Å²) in [5, 5.41) is 3.11. The number of hydrogen-bond acceptors (Lipinski definition) is 6. The molecule has 0 spiro atoms. The normalized spacial score (nSPS) is 11.3. The van der Waals surface area contributed by atoms with Gasteiger partial charge in [-0.05, 0) is 18.8 Å². The van der Waals surface area contributed by atoms with Gasteiger partial charge >= 0.3 is 6.01 Å². The van der Waals surface area contributed by atoms with Gasteiger partial charge in [0.25, 0.3) is 0 Å². The van der Waals surface area contributed by atoms with Crippen LogP contribution in [0.5, 0.6) is 6.01 Å². The van der Waals surface area contributed by atoms with Crippen LogP contribution in [0.2, 0.25) is 0 Å². The molecule has 0 amide bonds. The quantitative estimate of drug-likeness (QED) is 0.828. The summed E-state index contributed by atoms with van der Waals surface area (Å²) in [6.07, 6.45) is 0.926. The number of aromatic nitrogens is 3. The van der Waals surface area contributed by atoms with Crippen molar-refractivity contribution in [3.05, 3.63) is 0 Å². The van der Waals surface area contributed by atoms with Gasteiger partial charge in [-0.25, -0.2) is 0 Å². The number of nitrogens with one attached hydrogen (secondary N) is 1. The molecule has 0 aliphatic heterocycles. The Kier molecular flexibility index (Phi) is 5.98. The van der Waals surface area contributed by atoms with Gasteiger partial charge in [0.2, 0.25) is 11.9 Å². The van der Waals surface area contributed by atoms with Gasteiger partial charge in [-0.1, -0.05) is 27.7 Å². The van der Waals surface area contributed by atoms with E-state index in [1.54, 1.807) is 0 Å². The van der Waals surface area contributed by atoms with Crippen LogP contribution in [0.25, 0.3) is 0 Å².